The normalized spacial score (nSPS) is 16.6. The van der Waals surface area contributed by atoms with Crippen LogP contribution in [-0.2, 0) is 0 Å². The highest BCUT2D eigenvalue weighted by Gasteiger charge is 2.29. The van der Waals surface area contributed by atoms with Gasteiger partial charge in [0.25, 0.3) is 0 Å². The minimum absolute atomic E-state index is 0.501. The van der Waals surface area contributed by atoms with E-state index < -0.39 is 0 Å². The monoisotopic (exact) mass is 310 g/mol. The Labute approximate surface area is 138 Å². The van der Waals surface area contributed by atoms with Gasteiger partial charge in [0.2, 0.25) is 0 Å². The lowest BCUT2D eigenvalue weighted by atomic mass is 10.1. The van der Waals surface area contributed by atoms with Crippen LogP contribution in [0.4, 0.5) is 0 Å². The van der Waals surface area contributed by atoms with Gasteiger partial charge in [0, 0.05) is 50.7 Å². The van der Waals surface area contributed by atoms with Gasteiger partial charge < -0.3 is 19.6 Å². The molecule has 0 atom stereocenters. The number of hydrogen-bond donors (Lipinski definition) is 0. The number of hydrogen-bond acceptors (Lipinski definition) is 4. The van der Waals surface area contributed by atoms with Crippen LogP contribution in [0.5, 0.6) is 0 Å². The molecule has 0 saturated carbocycles. The highest BCUT2D eigenvalue weighted by Crippen LogP contribution is 2.22. The minimum Gasteiger partial charge on any atom is -0.354 e. The molecule has 4 nitrogen and oxygen atoms in total. The van der Waals surface area contributed by atoms with Crippen LogP contribution in [-0.4, -0.2) is 78.1 Å². The van der Waals surface area contributed by atoms with Crippen molar-refractivity contribution in [2.45, 2.75) is 59.8 Å². The van der Waals surface area contributed by atoms with Gasteiger partial charge in [0.1, 0.15) is 6.17 Å². The van der Waals surface area contributed by atoms with E-state index in [2.05, 4.69) is 87.6 Å². The molecule has 0 aliphatic carbocycles. The van der Waals surface area contributed by atoms with Crippen molar-refractivity contribution < 1.29 is 0 Å². The summed E-state index contributed by atoms with van der Waals surface area (Å²) < 4.78 is 0. The van der Waals surface area contributed by atoms with Crippen LogP contribution >= 0.6 is 0 Å². The maximum absolute atomic E-state index is 2.51. The fraction of sp³-hybridized carbons (Fsp3) is 0.889. The van der Waals surface area contributed by atoms with E-state index in [-0.39, 0.29) is 0 Å². The summed E-state index contributed by atoms with van der Waals surface area (Å²) in [5, 5.41) is 0. The Hall–Kier alpha value is -0.740. The molecule has 0 spiro atoms. The summed E-state index contributed by atoms with van der Waals surface area (Å²) in [5.41, 5.74) is 0. The third-order valence-electron chi connectivity index (χ3n) is 4.91. The second-order valence-corrected chi connectivity index (χ2v) is 7.58. The molecule has 0 aromatic carbocycles. The highest BCUT2D eigenvalue weighted by molar-refractivity contribution is 4.98. The van der Waals surface area contributed by atoms with Gasteiger partial charge >= 0.3 is 0 Å². The first kappa shape index (κ1) is 19.3. The van der Waals surface area contributed by atoms with Gasteiger partial charge in [-0.25, -0.2) is 0 Å². The summed E-state index contributed by atoms with van der Waals surface area (Å²) in [6, 6.07) is 1.22. The molecule has 0 N–H and O–H groups in total. The summed E-state index contributed by atoms with van der Waals surface area (Å²) in [6.07, 6.45) is 5.07. The molecule has 0 aromatic heterocycles. The predicted octanol–water partition coefficient (Wildman–Crippen LogP) is 2.74. The van der Waals surface area contributed by atoms with E-state index in [9.17, 15) is 0 Å². The molecular formula is C18H38N4. The molecular weight excluding hydrogens is 272 g/mol. The van der Waals surface area contributed by atoms with E-state index in [1.165, 1.54) is 0 Å². The van der Waals surface area contributed by atoms with Gasteiger partial charge in [-0.2, -0.15) is 0 Å². The van der Waals surface area contributed by atoms with E-state index in [1.807, 2.05) is 0 Å². The summed E-state index contributed by atoms with van der Waals surface area (Å²) in [7, 11) is 4.42. The van der Waals surface area contributed by atoms with E-state index in [1.54, 1.807) is 0 Å². The largest absolute Gasteiger partial charge is 0.354 e. The van der Waals surface area contributed by atoms with Gasteiger partial charge in [-0.05, 0) is 47.7 Å². The quantitative estimate of drug-likeness (QED) is 0.649. The van der Waals surface area contributed by atoms with Crippen molar-refractivity contribution in [2.24, 2.45) is 5.92 Å². The van der Waals surface area contributed by atoms with Gasteiger partial charge in [-0.1, -0.05) is 13.8 Å². The number of nitrogens with zero attached hydrogens (tertiary/aromatic N) is 4. The average molecular weight is 311 g/mol. The zero-order valence-corrected chi connectivity index (χ0v) is 16.1. The van der Waals surface area contributed by atoms with Crippen LogP contribution in [0.2, 0.25) is 0 Å². The van der Waals surface area contributed by atoms with Gasteiger partial charge in [-0.3, -0.25) is 0 Å². The first-order chi connectivity index (χ1) is 10.2. The maximum Gasteiger partial charge on any atom is 0.103 e. The van der Waals surface area contributed by atoms with E-state index >= 15 is 0 Å². The van der Waals surface area contributed by atoms with E-state index in [0.29, 0.717) is 24.2 Å². The molecule has 0 fully saturated rings. The van der Waals surface area contributed by atoms with Crippen LogP contribution in [0.3, 0.4) is 0 Å². The number of likely N-dealkylation sites (N-methyl/N-ethyl adjacent to an activating group) is 2. The Morgan fingerprint density at radius 1 is 0.773 bits per heavy atom. The molecule has 1 rings (SSSR count). The molecule has 0 unspecified atom stereocenters. The van der Waals surface area contributed by atoms with Crippen LogP contribution in [0.25, 0.3) is 0 Å². The zero-order valence-electron chi connectivity index (χ0n) is 16.1. The second-order valence-electron chi connectivity index (χ2n) is 7.58. The number of rotatable bonds is 9. The zero-order chi connectivity index (χ0) is 16.9. The highest BCUT2D eigenvalue weighted by atomic mass is 15.4. The topological polar surface area (TPSA) is 13.0 Å². The first-order valence-electron chi connectivity index (χ1n) is 8.84. The molecule has 22 heavy (non-hydrogen) atoms. The third kappa shape index (κ3) is 5.47. The Balaban J connectivity index is 2.54. The molecule has 1 aliphatic heterocycles. The minimum atomic E-state index is 0.501. The molecule has 1 aliphatic rings. The van der Waals surface area contributed by atoms with Crippen LogP contribution in [0, 0.1) is 5.92 Å². The molecule has 0 saturated heterocycles. The lowest BCUT2D eigenvalue weighted by Crippen LogP contribution is -2.47. The summed E-state index contributed by atoms with van der Waals surface area (Å²) in [5.74, 6) is 0.628. The average Bonchev–Trinajstić information content (AvgIpc) is 2.84. The molecule has 0 aromatic rings. The van der Waals surface area contributed by atoms with Gasteiger partial charge in [0.15, 0.2) is 0 Å². The van der Waals surface area contributed by atoms with Crippen molar-refractivity contribution in [2.75, 3.05) is 40.3 Å². The lowest BCUT2D eigenvalue weighted by Gasteiger charge is -2.37. The first-order valence-corrected chi connectivity index (χ1v) is 8.84. The molecule has 1 heterocycles. The second kappa shape index (κ2) is 8.78. The maximum atomic E-state index is 2.51. The summed E-state index contributed by atoms with van der Waals surface area (Å²) >= 11 is 0. The van der Waals surface area contributed by atoms with Crippen LogP contribution in [0.15, 0.2) is 12.4 Å². The molecule has 0 bridgehead atoms. The molecule has 4 heteroatoms. The predicted molar refractivity (Wildman–Crippen MR) is 96.7 cm³/mol. The Morgan fingerprint density at radius 3 is 1.41 bits per heavy atom. The SMILES string of the molecule is CC(C)C1N(CCN(C)C(C)C)C=CN1CCN(C)C(C)C. The Bertz CT molecular complexity index is 310. The third-order valence-corrected chi connectivity index (χ3v) is 4.91. The molecule has 0 amide bonds. The lowest BCUT2D eigenvalue weighted by molar-refractivity contribution is 0.0872. The smallest absolute Gasteiger partial charge is 0.103 e. The summed E-state index contributed by atoms with van der Waals surface area (Å²) in [6.45, 7) is 18.1. The molecule has 0 radical (unpaired) electrons. The van der Waals surface area contributed by atoms with Crippen molar-refractivity contribution >= 4 is 0 Å². The Morgan fingerprint density at radius 2 is 1.14 bits per heavy atom. The van der Waals surface area contributed by atoms with Crippen molar-refractivity contribution in [3.05, 3.63) is 12.4 Å². The Kier molecular flexibility index (Phi) is 7.70. The fourth-order valence-corrected chi connectivity index (χ4v) is 2.78. The van der Waals surface area contributed by atoms with Gasteiger partial charge in [0.05, 0.1) is 0 Å². The van der Waals surface area contributed by atoms with Crippen molar-refractivity contribution in [3.63, 3.8) is 0 Å². The van der Waals surface area contributed by atoms with Crippen molar-refractivity contribution in [3.8, 4) is 0 Å². The standard InChI is InChI=1S/C18H38N4/c1-15(2)18-21(11-9-19(7)16(3)4)13-14-22(18)12-10-20(8)17(5)6/h13-18H,9-12H2,1-8H3. The van der Waals surface area contributed by atoms with Crippen molar-refractivity contribution in [1.29, 1.82) is 0 Å². The molecule has 130 valence electrons. The van der Waals surface area contributed by atoms with Crippen LogP contribution in [0.1, 0.15) is 41.5 Å². The summed E-state index contributed by atoms with van der Waals surface area (Å²) in [4.78, 5) is 9.86. The van der Waals surface area contributed by atoms with E-state index in [0.717, 1.165) is 26.2 Å². The van der Waals surface area contributed by atoms with E-state index in [4.69, 9.17) is 0 Å². The van der Waals surface area contributed by atoms with Crippen LogP contribution < -0.4 is 0 Å². The fourth-order valence-electron chi connectivity index (χ4n) is 2.78. The van der Waals surface area contributed by atoms with Crippen molar-refractivity contribution in [1.82, 2.24) is 19.6 Å². The van der Waals surface area contributed by atoms with Gasteiger partial charge in [-0.15, -0.1) is 0 Å².